The molecule has 3 rings (SSSR count). The van der Waals surface area contributed by atoms with Crippen LogP contribution in [-0.2, 0) is 9.59 Å². The number of piperidine rings is 1. The van der Waals surface area contributed by atoms with Gasteiger partial charge in [0.15, 0.2) is 0 Å². The fourth-order valence-electron chi connectivity index (χ4n) is 3.54. The van der Waals surface area contributed by atoms with E-state index in [-0.39, 0.29) is 17.9 Å². The van der Waals surface area contributed by atoms with Gasteiger partial charge < -0.3 is 15.1 Å². The van der Waals surface area contributed by atoms with Gasteiger partial charge in [-0.15, -0.1) is 0 Å². The summed E-state index contributed by atoms with van der Waals surface area (Å²) in [6, 6.07) is 9.06. The Kier molecular flexibility index (Phi) is 5.71. The quantitative estimate of drug-likeness (QED) is 0.883. The highest BCUT2D eigenvalue weighted by Gasteiger charge is 2.33. The zero-order chi connectivity index (χ0) is 17.8. The number of amides is 2. The lowest BCUT2D eigenvalue weighted by Crippen LogP contribution is -2.58. The van der Waals surface area contributed by atoms with E-state index in [1.165, 1.54) is 0 Å². The van der Waals surface area contributed by atoms with Crippen molar-refractivity contribution in [3.8, 4) is 0 Å². The smallest absolute Gasteiger partial charge is 0.249 e. The van der Waals surface area contributed by atoms with Crippen LogP contribution in [0.3, 0.4) is 0 Å². The normalized spacial score (nSPS) is 24.2. The molecule has 0 spiro atoms. The minimum atomic E-state index is -0.420. The van der Waals surface area contributed by atoms with Gasteiger partial charge in [0.2, 0.25) is 11.8 Å². The van der Waals surface area contributed by atoms with Crippen molar-refractivity contribution >= 4 is 17.5 Å². The third kappa shape index (κ3) is 4.19. The van der Waals surface area contributed by atoms with E-state index >= 15 is 0 Å². The Hall–Kier alpha value is -1.92. The monoisotopic (exact) mass is 344 g/mol. The summed E-state index contributed by atoms with van der Waals surface area (Å²) in [7, 11) is 2.10. The van der Waals surface area contributed by atoms with Gasteiger partial charge in [0, 0.05) is 38.4 Å². The molecule has 1 N–H and O–H groups in total. The number of hydrogen-bond acceptors (Lipinski definition) is 4. The van der Waals surface area contributed by atoms with Gasteiger partial charge in [-0.3, -0.25) is 14.5 Å². The molecule has 2 aliphatic rings. The van der Waals surface area contributed by atoms with Crippen molar-refractivity contribution in [2.45, 2.75) is 31.8 Å². The largest absolute Gasteiger partial charge is 0.343 e. The highest BCUT2D eigenvalue weighted by Crippen LogP contribution is 2.21. The molecule has 25 heavy (non-hydrogen) atoms. The average Bonchev–Trinajstić information content (AvgIpc) is 2.64. The Morgan fingerprint density at radius 3 is 2.48 bits per heavy atom. The number of piperazine rings is 1. The molecular weight excluding hydrogens is 316 g/mol. The zero-order valence-corrected chi connectivity index (χ0v) is 15.1. The lowest BCUT2D eigenvalue weighted by Gasteiger charge is -2.37. The Balaban J connectivity index is 1.59. The van der Waals surface area contributed by atoms with Crippen LogP contribution in [0.4, 0.5) is 5.69 Å². The SMILES string of the molecule is CC(C(=O)NC1CCCN(c2ccccc2)C1=O)N1CCN(C)CC1. The van der Waals surface area contributed by atoms with Crippen molar-refractivity contribution < 1.29 is 9.59 Å². The molecule has 0 bridgehead atoms. The maximum Gasteiger partial charge on any atom is 0.249 e. The molecule has 1 aromatic carbocycles. The lowest BCUT2D eigenvalue weighted by molar-refractivity contribution is -0.131. The Labute approximate surface area is 149 Å². The molecule has 6 heteroatoms. The van der Waals surface area contributed by atoms with Crippen LogP contribution in [0.25, 0.3) is 0 Å². The average molecular weight is 344 g/mol. The lowest BCUT2D eigenvalue weighted by atomic mass is 10.0. The number of carbonyl (C=O) groups is 2. The number of rotatable bonds is 4. The summed E-state index contributed by atoms with van der Waals surface area (Å²) in [4.78, 5) is 31.7. The summed E-state index contributed by atoms with van der Waals surface area (Å²) >= 11 is 0. The molecule has 136 valence electrons. The van der Waals surface area contributed by atoms with Crippen LogP contribution in [0.15, 0.2) is 30.3 Å². The molecule has 6 nitrogen and oxygen atoms in total. The van der Waals surface area contributed by atoms with Crippen LogP contribution in [0, 0.1) is 0 Å². The molecule has 2 saturated heterocycles. The third-order valence-electron chi connectivity index (χ3n) is 5.29. The molecule has 0 saturated carbocycles. The first-order valence-electron chi connectivity index (χ1n) is 9.15. The first-order valence-corrected chi connectivity index (χ1v) is 9.15. The van der Waals surface area contributed by atoms with E-state index in [1.54, 1.807) is 4.90 Å². The molecule has 2 fully saturated rings. The predicted molar refractivity (Wildman–Crippen MR) is 98.5 cm³/mol. The molecular formula is C19H28N4O2. The molecule has 2 amide bonds. The summed E-state index contributed by atoms with van der Waals surface area (Å²) in [5.41, 5.74) is 0.901. The second-order valence-electron chi connectivity index (χ2n) is 7.04. The molecule has 2 unspecified atom stereocenters. The zero-order valence-electron chi connectivity index (χ0n) is 15.1. The van der Waals surface area contributed by atoms with Crippen LogP contribution in [-0.4, -0.2) is 73.5 Å². The maximum atomic E-state index is 12.8. The second kappa shape index (κ2) is 7.97. The molecule has 0 aliphatic carbocycles. The van der Waals surface area contributed by atoms with E-state index in [0.717, 1.165) is 38.3 Å². The topological polar surface area (TPSA) is 55.9 Å². The number of nitrogens with zero attached hydrogens (tertiary/aromatic N) is 3. The van der Waals surface area contributed by atoms with E-state index in [0.29, 0.717) is 13.0 Å². The van der Waals surface area contributed by atoms with Crippen LogP contribution in [0.5, 0.6) is 0 Å². The summed E-state index contributed by atoms with van der Waals surface area (Å²) < 4.78 is 0. The van der Waals surface area contributed by atoms with Gasteiger partial charge in [-0.1, -0.05) is 18.2 Å². The molecule has 2 aliphatic heterocycles. The van der Waals surface area contributed by atoms with E-state index < -0.39 is 6.04 Å². The second-order valence-corrected chi connectivity index (χ2v) is 7.04. The van der Waals surface area contributed by atoms with Gasteiger partial charge in [-0.05, 0) is 38.9 Å². The Morgan fingerprint density at radius 1 is 1.12 bits per heavy atom. The van der Waals surface area contributed by atoms with Crippen LogP contribution in [0.1, 0.15) is 19.8 Å². The van der Waals surface area contributed by atoms with Crippen molar-refractivity contribution in [2.24, 2.45) is 0 Å². The van der Waals surface area contributed by atoms with Crippen LogP contribution in [0.2, 0.25) is 0 Å². The van der Waals surface area contributed by atoms with Crippen LogP contribution < -0.4 is 10.2 Å². The Morgan fingerprint density at radius 2 is 1.80 bits per heavy atom. The number of benzene rings is 1. The highest BCUT2D eigenvalue weighted by molar-refractivity contribution is 6.00. The summed E-state index contributed by atoms with van der Waals surface area (Å²) in [5, 5.41) is 2.99. The Bertz CT molecular complexity index is 599. The van der Waals surface area contributed by atoms with Gasteiger partial charge in [0.1, 0.15) is 6.04 Å². The van der Waals surface area contributed by atoms with Gasteiger partial charge >= 0.3 is 0 Å². The number of anilines is 1. The minimum absolute atomic E-state index is 0.00335. The maximum absolute atomic E-state index is 12.8. The molecule has 0 aromatic heterocycles. The number of para-hydroxylation sites is 1. The number of likely N-dealkylation sites (N-methyl/N-ethyl adjacent to an activating group) is 1. The van der Waals surface area contributed by atoms with Gasteiger partial charge in [0.25, 0.3) is 0 Å². The fraction of sp³-hybridized carbons (Fsp3) is 0.579. The highest BCUT2D eigenvalue weighted by atomic mass is 16.2. The molecule has 0 radical (unpaired) electrons. The minimum Gasteiger partial charge on any atom is -0.343 e. The van der Waals surface area contributed by atoms with Crippen molar-refractivity contribution in [3.63, 3.8) is 0 Å². The van der Waals surface area contributed by atoms with E-state index in [1.807, 2.05) is 37.3 Å². The summed E-state index contributed by atoms with van der Waals surface area (Å²) in [5.74, 6) is -0.0470. The van der Waals surface area contributed by atoms with Gasteiger partial charge in [-0.25, -0.2) is 0 Å². The molecule has 2 atom stereocenters. The van der Waals surface area contributed by atoms with Crippen molar-refractivity contribution in [1.82, 2.24) is 15.1 Å². The van der Waals surface area contributed by atoms with Crippen molar-refractivity contribution in [3.05, 3.63) is 30.3 Å². The van der Waals surface area contributed by atoms with Crippen molar-refractivity contribution in [1.29, 1.82) is 0 Å². The van der Waals surface area contributed by atoms with Crippen molar-refractivity contribution in [2.75, 3.05) is 44.7 Å². The van der Waals surface area contributed by atoms with E-state index in [9.17, 15) is 9.59 Å². The first kappa shape index (κ1) is 17.9. The number of hydrogen-bond donors (Lipinski definition) is 1. The first-order chi connectivity index (χ1) is 12.1. The van der Waals surface area contributed by atoms with E-state index in [2.05, 4.69) is 22.2 Å². The van der Waals surface area contributed by atoms with Gasteiger partial charge in [0.05, 0.1) is 6.04 Å². The third-order valence-corrected chi connectivity index (χ3v) is 5.29. The predicted octanol–water partition coefficient (Wildman–Crippen LogP) is 0.934. The van der Waals surface area contributed by atoms with Gasteiger partial charge in [-0.2, -0.15) is 0 Å². The van der Waals surface area contributed by atoms with E-state index in [4.69, 9.17) is 0 Å². The summed E-state index contributed by atoms with van der Waals surface area (Å²) in [6.45, 7) is 6.37. The molecule has 1 aromatic rings. The molecule has 2 heterocycles. The van der Waals surface area contributed by atoms with Crippen LogP contribution >= 0.6 is 0 Å². The number of carbonyl (C=O) groups excluding carboxylic acids is 2. The fourth-order valence-corrected chi connectivity index (χ4v) is 3.54. The number of nitrogens with one attached hydrogen (secondary N) is 1. The summed E-state index contributed by atoms with van der Waals surface area (Å²) in [6.07, 6.45) is 1.61. The standard InChI is InChI=1S/C19H28N4O2/c1-15(22-13-11-21(2)12-14-22)18(24)20-17-9-6-10-23(19(17)25)16-7-4-3-5-8-16/h3-5,7-8,15,17H,6,9-14H2,1-2H3,(H,20,24).